The normalized spacial score (nSPS) is 15.8. The van der Waals surface area contributed by atoms with E-state index in [0.717, 1.165) is 38.0 Å². The van der Waals surface area contributed by atoms with Gasteiger partial charge in [0.1, 0.15) is 12.6 Å². The van der Waals surface area contributed by atoms with Crippen molar-refractivity contribution >= 4 is 12.0 Å². The van der Waals surface area contributed by atoms with Crippen LogP contribution in [0.15, 0.2) is 60.7 Å². The maximum atomic E-state index is 12.9. The average molecular weight is 438 g/mol. The number of benzene rings is 2. The Bertz CT molecular complexity index is 834. The summed E-state index contributed by atoms with van der Waals surface area (Å²) in [7, 11) is 0. The Labute approximate surface area is 191 Å². The molecular weight excluding hydrogens is 402 g/mol. The Balaban J connectivity index is 1.45. The molecule has 0 unspecified atom stereocenters. The van der Waals surface area contributed by atoms with E-state index >= 15 is 0 Å². The fourth-order valence-electron chi connectivity index (χ4n) is 3.99. The van der Waals surface area contributed by atoms with Gasteiger partial charge in [0.2, 0.25) is 5.91 Å². The fourth-order valence-corrected chi connectivity index (χ4v) is 3.99. The molecule has 0 aromatic heterocycles. The summed E-state index contributed by atoms with van der Waals surface area (Å²) in [6.45, 7) is 7.09. The molecule has 2 amide bonds. The van der Waals surface area contributed by atoms with Gasteiger partial charge in [-0.3, -0.25) is 9.69 Å². The highest BCUT2D eigenvalue weighted by Crippen LogP contribution is 2.15. The van der Waals surface area contributed by atoms with Crippen LogP contribution in [0.4, 0.5) is 4.79 Å². The van der Waals surface area contributed by atoms with Crippen molar-refractivity contribution in [1.29, 1.82) is 0 Å². The van der Waals surface area contributed by atoms with Gasteiger partial charge >= 0.3 is 6.09 Å². The zero-order valence-corrected chi connectivity index (χ0v) is 19.1. The highest BCUT2D eigenvalue weighted by Gasteiger charge is 2.27. The number of nitrogens with one attached hydrogen (secondary N) is 2. The van der Waals surface area contributed by atoms with Gasteiger partial charge < -0.3 is 15.4 Å². The Hall–Kier alpha value is -2.86. The summed E-state index contributed by atoms with van der Waals surface area (Å²) in [6, 6.07) is 19.5. The second-order valence-electron chi connectivity index (χ2n) is 8.93. The molecule has 0 spiro atoms. The largest absolute Gasteiger partial charge is 0.445 e. The van der Waals surface area contributed by atoms with Gasteiger partial charge in [0.05, 0.1) is 0 Å². The molecule has 172 valence electrons. The van der Waals surface area contributed by atoms with Gasteiger partial charge in [0.15, 0.2) is 0 Å². The number of hydrogen-bond acceptors (Lipinski definition) is 4. The predicted molar refractivity (Wildman–Crippen MR) is 126 cm³/mol. The molecule has 0 aliphatic carbocycles. The van der Waals surface area contributed by atoms with Gasteiger partial charge in [-0.1, -0.05) is 74.5 Å². The molecule has 1 aliphatic rings. The van der Waals surface area contributed by atoms with Crippen LogP contribution in [0, 0.1) is 5.92 Å². The molecule has 0 saturated carbocycles. The Morgan fingerprint density at radius 2 is 1.56 bits per heavy atom. The topological polar surface area (TPSA) is 70.7 Å². The summed E-state index contributed by atoms with van der Waals surface area (Å²) in [5, 5.41) is 5.92. The lowest BCUT2D eigenvalue weighted by molar-refractivity contribution is -0.124. The first-order valence-electron chi connectivity index (χ1n) is 11.5. The summed E-state index contributed by atoms with van der Waals surface area (Å²) < 4.78 is 5.31. The summed E-state index contributed by atoms with van der Waals surface area (Å²) in [6.07, 6.45) is 1.82. The standard InChI is InChI=1S/C26H35N3O3/c1-20(2)17-24(28-26(31)32-19-22-11-7-4-8-12-22)25(30)27-23-13-15-29(16-14-23)18-21-9-5-3-6-10-21/h3-12,20,23-24H,13-19H2,1-2H3,(H,27,30)(H,28,31)/t24-/m0/s1. The predicted octanol–water partition coefficient (Wildman–Crippen LogP) is 4.11. The number of alkyl carbamates (subject to hydrolysis) is 1. The van der Waals surface area contributed by atoms with Crippen molar-refractivity contribution in [3.8, 4) is 0 Å². The highest BCUT2D eigenvalue weighted by atomic mass is 16.5. The average Bonchev–Trinajstić information content (AvgIpc) is 2.79. The second-order valence-corrected chi connectivity index (χ2v) is 8.93. The van der Waals surface area contributed by atoms with Crippen molar-refractivity contribution < 1.29 is 14.3 Å². The zero-order chi connectivity index (χ0) is 22.8. The minimum absolute atomic E-state index is 0.128. The molecule has 6 heteroatoms. The van der Waals surface area contributed by atoms with E-state index in [2.05, 4.69) is 39.8 Å². The lowest BCUT2D eigenvalue weighted by atomic mass is 10.0. The van der Waals surface area contributed by atoms with E-state index in [-0.39, 0.29) is 24.5 Å². The summed E-state index contributed by atoms with van der Waals surface area (Å²) >= 11 is 0. The van der Waals surface area contributed by atoms with Gasteiger partial charge in [-0.05, 0) is 36.3 Å². The van der Waals surface area contributed by atoms with Crippen LogP contribution in [-0.2, 0) is 22.7 Å². The van der Waals surface area contributed by atoms with E-state index in [1.54, 1.807) is 0 Å². The van der Waals surface area contributed by atoms with Crippen molar-refractivity contribution in [1.82, 2.24) is 15.5 Å². The van der Waals surface area contributed by atoms with Crippen LogP contribution >= 0.6 is 0 Å². The van der Waals surface area contributed by atoms with Crippen molar-refractivity contribution in [2.24, 2.45) is 5.92 Å². The Kier molecular flexibility index (Phi) is 9.11. The minimum atomic E-state index is -0.597. The van der Waals surface area contributed by atoms with Crippen molar-refractivity contribution in [3.63, 3.8) is 0 Å². The molecule has 1 saturated heterocycles. The number of rotatable bonds is 9. The number of carbonyl (C=O) groups excluding carboxylic acids is 2. The van der Waals surface area contributed by atoms with Crippen LogP contribution in [0.25, 0.3) is 0 Å². The number of likely N-dealkylation sites (tertiary alicyclic amines) is 1. The third-order valence-corrected chi connectivity index (χ3v) is 5.71. The van der Waals surface area contributed by atoms with Crippen LogP contribution in [0.3, 0.4) is 0 Å². The summed E-state index contributed by atoms with van der Waals surface area (Å²) in [5.41, 5.74) is 2.22. The van der Waals surface area contributed by atoms with Gasteiger partial charge in [0, 0.05) is 25.7 Å². The molecule has 0 radical (unpaired) electrons. The molecular formula is C26H35N3O3. The quantitative estimate of drug-likeness (QED) is 0.619. The molecule has 1 aliphatic heterocycles. The molecule has 1 atom stereocenters. The van der Waals surface area contributed by atoms with Crippen LogP contribution in [0.1, 0.15) is 44.2 Å². The number of piperidine rings is 1. The third kappa shape index (κ3) is 8.00. The van der Waals surface area contributed by atoms with Gasteiger partial charge in [0.25, 0.3) is 0 Å². The van der Waals surface area contributed by atoms with Crippen molar-refractivity contribution in [2.45, 2.75) is 58.3 Å². The van der Waals surface area contributed by atoms with E-state index in [9.17, 15) is 9.59 Å². The lowest BCUT2D eigenvalue weighted by Gasteiger charge is -2.33. The van der Waals surface area contributed by atoms with E-state index in [4.69, 9.17) is 4.74 Å². The van der Waals surface area contributed by atoms with Gasteiger partial charge in [-0.2, -0.15) is 0 Å². The first kappa shape index (κ1) is 23.8. The van der Waals surface area contributed by atoms with Crippen LogP contribution in [0.5, 0.6) is 0 Å². The fraction of sp³-hybridized carbons (Fsp3) is 0.462. The molecule has 3 rings (SSSR count). The van der Waals surface area contributed by atoms with E-state index in [0.29, 0.717) is 6.42 Å². The van der Waals surface area contributed by atoms with Crippen molar-refractivity contribution in [2.75, 3.05) is 13.1 Å². The number of carbonyl (C=O) groups is 2. The molecule has 0 bridgehead atoms. The van der Waals surface area contributed by atoms with E-state index in [1.165, 1.54) is 5.56 Å². The monoisotopic (exact) mass is 437 g/mol. The molecule has 1 heterocycles. The number of hydrogen-bond donors (Lipinski definition) is 2. The molecule has 6 nitrogen and oxygen atoms in total. The summed E-state index contributed by atoms with van der Waals surface area (Å²) in [5.74, 6) is 0.143. The number of ether oxygens (including phenoxy) is 1. The second kappa shape index (κ2) is 12.2. The molecule has 1 fully saturated rings. The number of nitrogens with zero attached hydrogens (tertiary/aromatic N) is 1. The van der Waals surface area contributed by atoms with E-state index in [1.807, 2.05) is 50.2 Å². The SMILES string of the molecule is CC(C)C[C@H](NC(=O)OCc1ccccc1)C(=O)NC1CCN(Cc2ccccc2)CC1. The van der Waals surface area contributed by atoms with Crippen LogP contribution < -0.4 is 10.6 Å². The molecule has 2 aromatic carbocycles. The van der Waals surface area contributed by atoms with Gasteiger partial charge in [-0.25, -0.2) is 4.79 Å². The molecule has 2 N–H and O–H groups in total. The third-order valence-electron chi connectivity index (χ3n) is 5.71. The Morgan fingerprint density at radius 1 is 0.969 bits per heavy atom. The maximum absolute atomic E-state index is 12.9. The summed E-state index contributed by atoms with van der Waals surface area (Å²) in [4.78, 5) is 27.7. The maximum Gasteiger partial charge on any atom is 0.408 e. The first-order chi connectivity index (χ1) is 15.5. The number of amides is 2. The lowest BCUT2D eigenvalue weighted by Crippen LogP contribution is -2.52. The van der Waals surface area contributed by atoms with E-state index < -0.39 is 12.1 Å². The molecule has 32 heavy (non-hydrogen) atoms. The van der Waals surface area contributed by atoms with Crippen LogP contribution in [-0.4, -0.2) is 42.1 Å². The first-order valence-corrected chi connectivity index (χ1v) is 11.5. The highest BCUT2D eigenvalue weighted by molar-refractivity contribution is 5.85. The van der Waals surface area contributed by atoms with Crippen molar-refractivity contribution in [3.05, 3.63) is 71.8 Å². The minimum Gasteiger partial charge on any atom is -0.445 e. The smallest absolute Gasteiger partial charge is 0.408 e. The molecule has 2 aromatic rings. The Morgan fingerprint density at radius 3 is 2.16 bits per heavy atom. The van der Waals surface area contributed by atoms with Crippen LogP contribution in [0.2, 0.25) is 0 Å². The zero-order valence-electron chi connectivity index (χ0n) is 19.1. The van der Waals surface area contributed by atoms with Gasteiger partial charge in [-0.15, -0.1) is 0 Å².